The van der Waals surface area contributed by atoms with Crippen molar-refractivity contribution in [1.29, 1.82) is 0 Å². The van der Waals surface area contributed by atoms with E-state index in [1.807, 2.05) is 48.5 Å². The van der Waals surface area contributed by atoms with E-state index in [0.29, 0.717) is 12.4 Å². The molecule has 2 fully saturated rings. The Morgan fingerprint density at radius 3 is 2.67 bits per heavy atom. The molecule has 0 bridgehead atoms. The quantitative estimate of drug-likeness (QED) is 0.715. The van der Waals surface area contributed by atoms with Crippen LogP contribution in [-0.2, 0) is 9.59 Å². The Bertz CT molecular complexity index is 1050. The second-order valence-electron chi connectivity index (χ2n) is 7.91. The number of fused-ring (bicyclic) bond motifs is 1. The molecule has 30 heavy (non-hydrogen) atoms. The van der Waals surface area contributed by atoms with Crippen LogP contribution in [0.1, 0.15) is 25.7 Å². The molecule has 0 unspecified atom stereocenters. The molecule has 0 spiro atoms. The molecule has 1 N–H and O–H groups in total. The van der Waals surface area contributed by atoms with Crippen molar-refractivity contribution in [1.82, 2.24) is 4.98 Å². The summed E-state index contributed by atoms with van der Waals surface area (Å²) in [6.45, 7) is 2.20. The Hall–Kier alpha value is -3.35. The molecule has 0 atom stereocenters. The molecular weight excluding hydrogens is 380 g/mol. The van der Waals surface area contributed by atoms with E-state index in [2.05, 4.69) is 15.2 Å². The zero-order chi connectivity index (χ0) is 20.5. The van der Waals surface area contributed by atoms with Gasteiger partial charge in [0.25, 0.3) is 6.01 Å². The summed E-state index contributed by atoms with van der Waals surface area (Å²) in [7, 11) is 0. The SMILES string of the molecule is O=C(Nc1cccc(N2CCCC2=O)c1)C1CCN(c2nc3ccccc3o2)CC1. The van der Waals surface area contributed by atoms with Crippen LogP contribution < -0.4 is 15.1 Å². The number of benzene rings is 2. The normalized spacial score (nSPS) is 17.7. The molecule has 7 nitrogen and oxygen atoms in total. The van der Waals surface area contributed by atoms with E-state index < -0.39 is 0 Å². The summed E-state index contributed by atoms with van der Waals surface area (Å²) in [6.07, 6.45) is 2.97. The Kier molecular flexibility index (Phi) is 4.86. The zero-order valence-corrected chi connectivity index (χ0v) is 16.7. The molecular formula is C23H24N4O3. The number of carbonyl (C=O) groups excluding carboxylic acids is 2. The summed E-state index contributed by atoms with van der Waals surface area (Å²) in [4.78, 5) is 33.2. The topological polar surface area (TPSA) is 78.7 Å². The third kappa shape index (κ3) is 3.63. The highest BCUT2D eigenvalue weighted by Crippen LogP contribution is 2.28. The Morgan fingerprint density at radius 2 is 1.90 bits per heavy atom. The van der Waals surface area contributed by atoms with Crippen LogP contribution in [0, 0.1) is 5.92 Å². The second kappa shape index (κ2) is 7.82. The molecule has 154 valence electrons. The minimum Gasteiger partial charge on any atom is -0.423 e. The number of rotatable bonds is 4. The van der Waals surface area contributed by atoms with Gasteiger partial charge in [-0.3, -0.25) is 9.59 Å². The van der Waals surface area contributed by atoms with Gasteiger partial charge >= 0.3 is 0 Å². The number of hydrogen-bond donors (Lipinski definition) is 1. The lowest BCUT2D eigenvalue weighted by Crippen LogP contribution is -2.38. The Balaban J connectivity index is 1.20. The lowest BCUT2D eigenvalue weighted by Gasteiger charge is -2.30. The van der Waals surface area contributed by atoms with Crippen molar-refractivity contribution in [2.45, 2.75) is 25.7 Å². The molecule has 7 heteroatoms. The summed E-state index contributed by atoms with van der Waals surface area (Å²) in [5, 5.41) is 3.03. The summed E-state index contributed by atoms with van der Waals surface area (Å²) in [6, 6.07) is 15.9. The Morgan fingerprint density at radius 1 is 1.07 bits per heavy atom. The third-order valence-corrected chi connectivity index (χ3v) is 5.92. The molecule has 2 aliphatic rings. The van der Waals surface area contributed by atoms with Crippen molar-refractivity contribution >= 4 is 40.3 Å². The van der Waals surface area contributed by atoms with Crippen LogP contribution in [0.4, 0.5) is 17.4 Å². The van der Waals surface area contributed by atoms with Gasteiger partial charge in [0.15, 0.2) is 5.58 Å². The maximum absolute atomic E-state index is 12.8. The van der Waals surface area contributed by atoms with Crippen molar-refractivity contribution in [3.8, 4) is 0 Å². The number of carbonyl (C=O) groups is 2. The standard InChI is InChI=1S/C23H24N4O3/c28-21-9-4-12-27(21)18-6-3-5-17(15-18)24-22(29)16-10-13-26(14-11-16)23-25-19-7-1-2-8-20(19)30-23/h1-3,5-8,15-16H,4,9-14H2,(H,24,29). The van der Waals surface area contributed by atoms with Crippen LogP contribution in [-0.4, -0.2) is 36.4 Å². The molecule has 0 aliphatic carbocycles. The third-order valence-electron chi connectivity index (χ3n) is 5.92. The summed E-state index contributed by atoms with van der Waals surface area (Å²) in [5.41, 5.74) is 3.21. The molecule has 2 saturated heterocycles. The summed E-state index contributed by atoms with van der Waals surface area (Å²) >= 11 is 0. The first kappa shape index (κ1) is 18.7. The highest BCUT2D eigenvalue weighted by Gasteiger charge is 2.28. The van der Waals surface area contributed by atoms with Gasteiger partial charge in [0.1, 0.15) is 5.52 Å². The van der Waals surface area contributed by atoms with E-state index in [1.54, 1.807) is 4.90 Å². The van der Waals surface area contributed by atoms with Gasteiger partial charge in [0.2, 0.25) is 11.8 Å². The van der Waals surface area contributed by atoms with Crippen molar-refractivity contribution in [3.05, 3.63) is 48.5 Å². The fraction of sp³-hybridized carbons (Fsp3) is 0.348. The van der Waals surface area contributed by atoms with E-state index in [1.165, 1.54) is 0 Å². The highest BCUT2D eigenvalue weighted by atomic mass is 16.4. The fourth-order valence-electron chi connectivity index (χ4n) is 4.25. The van der Waals surface area contributed by atoms with Crippen LogP contribution in [0.2, 0.25) is 0 Å². The van der Waals surface area contributed by atoms with Crippen LogP contribution in [0.5, 0.6) is 0 Å². The monoisotopic (exact) mass is 404 g/mol. The van der Waals surface area contributed by atoms with E-state index in [4.69, 9.17) is 4.42 Å². The molecule has 5 rings (SSSR count). The van der Waals surface area contributed by atoms with E-state index >= 15 is 0 Å². The molecule has 0 radical (unpaired) electrons. The van der Waals surface area contributed by atoms with E-state index in [-0.39, 0.29) is 17.7 Å². The largest absolute Gasteiger partial charge is 0.423 e. The predicted molar refractivity (Wildman–Crippen MR) is 116 cm³/mol. The van der Waals surface area contributed by atoms with E-state index in [9.17, 15) is 9.59 Å². The van der Waals surface area contributed by atoms with Crippen LogP contribution in [0.15, 0.2) is 52.9 Å². The number of para-hydroxylation sites is 2. The first-order chi connectivity index (χ1) is 14.7. The van der Waals surface area contributed by atoms with Gasteiger partial charge in [0.05, 0.1) is 0 Å². The van der Waals surface area contributed by atoms with E-state index in [0.717, 1.165) is 61.4 Å². The second-order valence-corrected chi connectivity index (χ2v) is 7.91. The predicted octanol–water partition coefficient (Wildman–Crippen LogP) is 3.81. The Labute approximate surface area is 174 Å². The average Bonchev–Trinajstić information content (AvgIpc) is 3.40. The van der Waals surface area contributed by atoms with Crippen molar-refractivity contribution in [2.75, 3.05) is 34.8 Å². The number of anilines is 3. The maximum Gasteiger partial charge on any atom is 0.298 e. The van der Waals surface area contributed by atoms with Gasteiger partial charge in [-0.1, -0.05) is 18.2 Å². The minimum atomic E-state index is -0.0531. The minimum absolute atomic E-state index is 0.0251. The van der Waals surface area contributed by atoms with Gasteiger partial charge in [-0.05, 0) is 49.6 Å². The number of aromatic nitrogens is 1. The average molecular weight is 404 g/mol. The first-order valence-corrected chi connectivity index (χ1v) is 10.5. The lowest BCUT2D eigenvalue weighted by atomic mass is 9.96. The molecule has 2 aliphatic heterocycles. The fourth-order valence-corrected chi connectivity index (χ4v) is 4.25. The summed E-state index contributed by atoms with van der Waals surface area (Å²) < 4.78 is 5.85. The number of oxazole rings is 1. The van der Waals surface area contributed by atoms with Crippen molar-refractivity contribution < 1.29 is 14.0 Å². The van der Waals surface area contributed by atoms with Crippen LogP contribution in [0.3, 0.4) is 0 Å². The molecule has 2 amide bonds. The number of nitrogens with one attached hydrogen (secondary N) is 1. The van der Waals surface area contributed by atoms with Gasteiger partial charge in [-0.25, -0.2) is 0 Å². The van der Waals surface area contributed by atoms with Crippen molar-refractivity contribution in [3.63, 3.8) is 0 Å². The van der Waals surface area contributed by atoms with Crippen LogP contribution >= 0.6 is 0 Å². The molecule has 0 saturated carbocycles. The van der Waals surface area contributed by atoms with Gasteiger partial charge in [-0.2, -0.15) is 4.98 Å². The first-order valence-electron chi connectivity index (χ1n) is 10.5. The lowest BCUT2D eigenvalue weighted by molar-refractivity contribution is -0.120. The van der Waals surface area contributed by atoms with Crippen LogP contribution in [0.25, 0.3) is 11.1 Å². The number of amides is 2. The molecule has 3 heterocycles. The van der Waals surface area contributed by atoms with Gasteiger partial charge < -0.3 is 19.5 Å². The molecule has 3 aromatic rings. The number of hydrogen-bond acceptors (Lipinski definition) is 5. The van der Waals surface area contributed by atoms with Crippen molar-refractivity contribution in [2.24, 2.45) is 5.92 Å². The van der Waals surface area contributed by atoms with Gasteiger partial charge in [0, 0.05) is 43.3 Å². The zero-order valence-electron chi connectivity index (χ0n) is 16.7. The highest BCUT2D eigenvalue weighted by molar-refractivity contribution is 5.97. The smallest absolute Gasteiger partial charge is 0.298 e. The number of piperidine rings is 1. The van der Waals surface area contributed by atoms with Gasteiger partial charge in [-0.15, -0.1) is 0 Å². The number of nitrogens with zero attached hydrogens (tertiary/aromatic N) is 3. The summed E-state index contributed by atoms with van der Waals surface area (Å²) in [5.74, 6) is 0.116. The molecule has 2 aromatic carbocycles. The molecule has 1 aromatic heterocycles. The maximum atomic E-state index is 12.8.